The van der Waals surface area contributed by atoms with Crippen molar-refractivity contribution in [2.24, 2.45) is 0 Å². The second kappa shape index (κ2) is 5.54. The van der Waals surface area contributed by atoms with Crippen LogP contribution in [0.5, 0.6) is 0 Å². The van der Waals surface area contributed by atoms with Crippen molar-refractivity contribution in [2.45, 2.75) is 64.1 Å². The Morgan fingerprint density at radius 2 is 2.21 bits per heavy atom. The van der Waals surface area contributed by atoms with E-state index in [9.17, 15) is 4.79 Å². The first-order valence-corrected chi connectivity index (χ1v) is 6.66. The van der Waals surface area contributed by atoms with Gasteiger partial charge in [-0.2, -0.15) is 0 Å². The van der Waals surface area contributed by atoms with E-state index >= 15 is 0 Å². The Hall–Kier alpha value is -1.66. The summed E-state index contributed by atoms with van der Waals surface area (Å²) in [6.45, 7) is 5.58. The molecular weight excluding hydrogens is 246 g/mol. The van der Waals surface area contributed by atoms with E-state index in [4.69, 9.17) is 4.74 Å². The second-order valence-corrected chi connectivity index (χ2v) is 5.95. The maximum absolute atomic E-state index is 11.7. The van der Waals surface area contributed by atoms with Crippen LogP contribution >= 0.6 is 0 Å². The molecule has 1 N–H and O–H groups in total. The fourth-order valence-electron chi connectivity index (χ4n) is 2.35. The Balaban J connectivity index is 1.86. The van der Waals surface area contributed by atoms with E-state index in [2.05, 4.69) is 20.8 Å². The summed E-state index contributed by atoms with van der Waals surface area (Å²) in [5.74, 6) is 0. The molecule has 0 bridgehead atoms. The van der Waals surface area contributed by atoms with Crippen LogP contribution in [0.15, 0.2) is 6.33 Å². The molecule has 1 aliphatic carbocycles. The molecular formula is C12H21N5O2. The number of carbonyl (C=O) groups is 1. The van der Waals surface area contributed by atoms with Gasteiger partial charge in [0, 0.05) is 6.04 Å². The summed E-state index contributed by atoms with van der Waals surface area (Å²) >= 11 is 0. The molecule has 1 aromatic heterocycles. The van der Waals surface area contributed by atoms with Crippen LogP contribution in [0.4, 0.5) is 4.79 Å². The highest BCUT2D eigenvalue weighted by atomic mass is 16.6. The van der Waals surface area contributed by atoms with E-state index < -0.39 is 5.60 Å². The number of tetrazole rings is 1. The van der Waals surface area contributed by atoms with Crippen LogP contribution < -0.4 is 5.32 Å². The quantitative estimate of drug-likeness (QED) is 0.881. The second-order valence-electron chi connectivity index (χ2n) is 5.95. The molecule has 1 aliphatic rings. The molecule has 0 unspecified atom stereocenters. The smallest absolute Gasteiger partial charge is 0.407 e. The molecule has 0 aliphatic heterocycles. The molecule has 106 valence electrons. The zero-order valence-electron chi connectivity index (χ0n) is 11.7. The topological polar surface area (TPSA) is 81.9 Å². The first kappa shape index (κ1) is 13.8. The van der Waals surface area contributed by atoms with E-state index in [0.29, 0.717) is 0 Å². The summed E-state index contributed by atoms with van der Waals surface area (Å²) in [5, 5.41) is 14.2. The fraction of sp³-hybridized carbons (Fsp3) is 0.833. The van der Waals surface area contributed by atoms with Crippen LogP contribution in [0.3, 0.4) is 0 Å². The predicted octanol–water partition coefficient (Wildman–Crippen LogP) is 1.68. The molecule has 2 atom stereocenters. The predicted molar refractivity (Wildman–Crippen MR) is 68.5 cm³/mol. The van der Waals surface area contributed by atoms with Crippen LogP contribution in [-0.4, -0.2) is 37.9 Å². The van der Waals surface area contributed by atoms with Crippen molar-refractivity contribution < 1.29 is 9.53 Å². The average Bonchev–Trinajstić information content (AvgIpc) is 2.79. The minimum Gasteiger partial charge on any atom is -0.444 e. The van der Waals surface area contributed by atoms with Gasteiger partial charge in [0.1, 0.15) is 11.9 Å². The maximum atomic E-state index is 11.7. The van der Waals surface area contributed by atoms with Crippen LogP contribution in [-0.2, 0) is 4.74 Å². The number of nitrogens with one attached hydrogen (secondary N) is 1. The number of ether oxygens (including phenoxy) is 1. The highest BCUT2D eigenvalue weighted by molar-refractivity contribution is 5.68. The van der Waals surface area contributed by atoms with Gasteiger partial charge < -0.3 is 10.1 Å². The average molecular weight is 267 g/mol. The van der Waals surface area contributed by atoms with E-state index in [1.807, 2.05) is 20.8 Å². The van der Waals surface area contributed by atoms with Crippen molar-refractivity contribution in [3.8, 4) is 0 Å². The molecule has 7 nitrogen and oxygen atoms in total. The Labute approximate surface area is 112 Å². The largest absolute Gasteiger partial charge is 0.444 e. The monoisotopic (exact) mass is 267 g/mol. The lowest BCUT2D eigenvalue weighted by Gasteiger charge is -2.30. The normalized spacial score (nSPS) is 23.9. The molecule has 19 heavy (non-hydrogen) atoms. The van der Waals surface area contributed by atoms with Gasteiger partial charge in [0.2, 0.25) is 0 Å². The molecule has 7 heteroatoms. The first-order chi connectivity index (χ1) is 8.94. The Morgan fingerprint density at radius 1 is 1.42 bits per heavy atom. The van der Waals surface area contributed by atoms with Crippen molar-refractivity contribution >= 4 is 6.09 Å². The summed E-state index contributed by atoms with van der Waals surface area (Å²) < 4.78 is 7.04. The SMILES string of the molecule is CC(C)(C)OC(=O)N[C@@H]1CCC[C@H](n2cnnn2)C1. The first-order valence-electron chi connectivity index (χ1n) is 6.66. The number of aromatic nitrogens is 4. The van der Waals surface area contributed by atoms with Gasteiger partial charge in [-0.15, -0.1) is 5.10 Å². The summed E-state index contributed by atoms with van der Waals surface area (Å²) in [6, 6.07) is 0.376. The van der Waals surface area contributed by atoms with Gasteiger partial charge in [-0.05, 0) is 56.9 Å². The number of nitrogens with zero attached hydrogens (tertiary/aromatic N) is 4. The van der Waals surface area contributed by atoms with Crippen LogP contribution in [0.1, 0.15) is 52.5 Å². The van der Waals surface area contributed by atoms with Gasteiger partial charge in [0.25, 0.3) is 0 Å². The number of rotatable bonds is 2. The third-order valence-corrected chi connectivity index (χ3v) is 3.11. The molecule has 0 aromatic carbocycles. The summed E-state index contributed by atoms with van der Waals surface area (Å²) in [7, 11) is 0. The standard InChI is InChI=1S/C12H21N5O2/c1-12(2,3)19-11(18)14-9-5-4-6-10(7-9)17-8-13-15-16-17/h8-10H,4-7H2,1-3H3,(H,14,18)/t9-,10+/m1/s1. The molecule has 0 radical (unpaired) electrons. The summed E-state index contributed by atoms with van der Waals surface area (Å²) in [6.07, 6.45) is 5.17. The van der Waals surface area contributed by atoms with Gasteiger partial charge in [-0.25, -0.2) is 9.48 Å². The lowest BCUT2D eigenvalue weighted by molar-refractivity contribution is 0.0484. The summed E-state index contributed by atoms with van der Waals surface area (Å²) in [4.78, 5) is 11.7. The third kappa shape index (κ3) is 4.18. The molecule has 0 spiro atoms. The molecule has 1 fully saturated rings. The number of hydrogen-bond donors (Lipinski definition) is 1. The van der Waals surface area contributed by atoms with E-state index in [1.54, 1.807) is 11.0 Å². The van der Waals surface area contributed by atoms with Crippen LogP contribution in [0, 0.1) is 0 Å². The summed E-state index contributed by atoms with van der Waals surface area (Å²) in [5.41, 5.74) is -0.464. The van der Waals surface area contributed by atoms with E-state index in [1.165, 1.54) is 0 Å². The van der Waals surface area contributed by atoms with E-state index in [-0.39, 0.29) is 18.2 Å². The zero-order valence-corrected chi connectivity index (χ0v) is 11.7. The van der Waals surface area contributed by atoms with Gasteiger partial charge >= 0.3 is 6.09 Å². The molecule has 0 saturated heterocycles. The van der Waals surface area contributed by atoms with Crippen molar-refractivity contribution in [3.05, 3.63) is 6.33 Å². The van der Waals surface area contributed by atoms with Gasteiger partial charge in [0.05, 0.1) is 6.04 Å². The van der Waals surface area contributed by atoms with Crippen molar-refractivity contribution in [1.29, 1.82) is 0 Å². The van der Waals surface area contributed by atoms with Crippen molar-refractivity contribution in [2.75, 3.05) is 0 Å². The van der Waals surface area contributed by atoms with Gasteiger partial charge in [0.15, 0.2) is 0 Å². The molecule has 1 aromatic rings. The van der Waals surface area contributed by atoms with E-state index in [0.717, 1.165) is 25.7 Å². The van der Waals surface area contributed by atoms with Crippen molar-refractivity contribution in [1.82, 2.24) is 25.5 Å². The third-order valence-electron chi connectivity index (χ3n) is 3.11. The highest BCUT2D eigenvalue weighted by Crippen LogP contribution is 2.27. The van der Waals surface area contributed by atoms with Gasteiger partial charge in [-0.1, -0.05) is 0 Å². The number of carbonyl (C=O) groups excluding carboxylic acids is 1. The highest BCUT2D eigenvalue weighted by Gasteiger charge is 2.26. The molecule has 2 rings (SSSR count). The minimum absolute atomic E-state index is 0.123. The Kier molecular flexibility index (Phi) is 4.01. The fourth-order valence-corrected chi connectivity index (χ4v) is 2.35. The lowest BCUT2D eigenvalue weighted by Crippen LogP contribution is -2.41. The Bertz CT molecular complexity index is 412. The van der Waals surface area contributed by atoms with Crippen LogP contribution in [0.2, 0.25) is 0 Å². The molecule has 1 heterocycles. The van der Waals surface area contributed by atoms with Gasteiger partial charge in [-0.3, -0.25) is 0 Å². The van der Waals surface area contributed by atoms with Crippen molar-refractivity contribution in [3.63, 3.8) is 0 Å². The minimum atomic E-state index is -0.464. The zero-order chi connectivity index (χ0) is 13.9. The lowest BCUT2D eigenvalue weighted by atomic mass is 9.91. The number of amides is 1. The van der Waals surface area contributed by atoms with Crippen LogP contribution in [0.25, 0.3) is 0 Å². The number of hydrogen-bond acceptors (Lipinski definition) is 5. The maximum Gasteiger partial charge on any atom is 0.407 e. The Morgan fingerprint density at radius 3 is 2.84 bits per heavy atom. The molecule has 1 saturated carbocycles. The number of alkyl carbamates (subject to hydrolysis) is 1. The molecule has 1 amide bonds.